The van der Waals surface area contributed by atoms with Crippen LogP contribution in [0.5, 0.6) is 0 Å². The predicted octanol–water partition coefficient (Wildman–Crippen LogP) is 4.09. The molecule has 1 aliphatic rings. The van der Waals surface area contributed by atoms with Crippen LogP contribution in [0.1, 0.15) is 33.1 Å². The monoisotopic (exact) mass is 365 g/mol. The van der Waals surface area contributed by atoms with Gasteiger partial charge < -0.3 is 4.90 Å². The molecule has 24 heavy (non-hydrogen) atoms. The SMILES string of the molecule is CC1CCCC(C)N1C(=O)CSc1nc2ccc([N+](=O)[O-])cc2s1. The second-order valence-corrected chi connectivity index (χ2v) is 8.36. The van der Waals surface area contributed by atoms with E-state index in [1.165, 1.54) is 41.7 Å². The molecular weight excluding hydrogens is 346 g/mol. The maximum absolute atomic E-state index is 12.5. The molecule has 0 aliphatic carbocycles. The third-order valence-corrected chi connectivity index (χ3v) is 6.51. The lowest BCUT2D eigenvalue weighted by Gasteiger charge is -2.39. The number of benzene rings is 1. The maximum atomic E-state index is 12.5. The van der Waals surface area contributed by atoms with Gasteiger partial charge >= 0.3 is 0 Å². The largest absolute Gasteiger partial charge is 0.337 e. The number of nitro benzene ring substituents is 1. The van der Waals surface area contributed by atoms with Gasteiger partial charge in [-0.3, -0.25) is 14.9 Å². The van der Waals surface area contributed by atoms with Crippen molar-refractivity contribution >= 4 is 44.9 Å². The summed E-state index contributed by atoms with van der Waals surface area (Å²) < 4.78 is 1.55. The Morgan fingerprint density at radius 3 is 2.79 bits per heavy atom. The van der Waals surface area contributed by atoms with Crippen LogP contribution in [0.25, 0.3) is 10.2 Å². The Kier molecular flexibility index (Phi) is 5.05. The number of non-ortho nitro benzene ring substituents is 1. The van der Waals surface area contributed by atoms with Crippen molar-refractivity contribution in [3.63, 3.8) is 0 Å². The Balaban J connectivity index is 1.69. The zero-order chi connectivity index (χ0) is 17.3. The number of aromatic nitrogens is 1. The molecule has 1 saturated heterocycles. The molecule has 0 bridgehead atoms. The van der Waals surface area contributed by atoms with E-state index in [1.54, 1.807) is 6.07 Å². The Bertz CT molecular complexity index is 767. The van der Waals surface area contributed by atoms with Crippen LogP contribution < -0.4 is 0 Å². The number of nitrogens with zero attached hydrogens (tertiary/aromatic N) is 3. The fourth-order valence-electron chi connectivity index (χ4n) is 3.18. The van der Waals surface area contributed by atoms with Crippen LogP contribution in [-0.2, 0) is 4.79 Å². The summed E-state index contributed by atoms with van der Waals surface area (Å²) in [5.74, 6) is 0.501. The summed E-state index contributed by atoms with van der Waals surface area (Å²) >= 11 is 2.81. The molecule has 0 radical (unpaired) electrons. The van der Waals surface area contributed by atoms with Crippen molar-refractivity contribution < 1.29 is 9.72 Å². The van der Waals surface area contributed by atoms with Crippen LogP contribution in [-0.4, -0.2) is 38.6 Å². The number of hydrogen-bond donors (Lipinski definition) is 0. The molecule has 8 heteroatoms. The lowest BCUT2D eigenvalue weighted by atomic mass is 9.98. The quantitative estimate of drug-likeness (QED) is 0.463. The number of likely N-dealkylation sites (tertiary alicyclic amines) is 1. The van der Waals surface area contributed by atoms with Crippen LogP contribution in [0.15, 0.2) is 22.5 Å². The highest BCUT2D eigenvalue weighted by molar-refractivity contribution is 8.01. The van der Waals surface area contributed by atoms with Crippen LogP contribution in [0.2, 0.25) is 0 Å². The van der Waals surface area contributed by atoms with Gasteiger partial charge in [0.25, 0.3) is 5.69 Å². The molecule has 3 rings (SSSR count). The average molecular weight is 365 g/mol. The van der Waals surface area contributed by atoms with E-state index in [2.05, 4.69) is 18.8 Å². The molecule has 2 unspecified atom stereocenters. The van der Waals surface area contributed by atoms with Gasteiger partial charge in [-0.2, -0.15) is 0 Å². The van der Waals surface area contributed by atoms with E-state index in [0.29, 0.717) is 17.8 Å². The van der Waals surface area contributed by atoms with Crippen molar-refractivity contribution in [2.24, 2.45) is 0 Å². The highest BCUT2D eigenvalue weighted by atomic mass is 32.2. The van der Waals surface area contributed by atoms with Crippen molar-refractivity contribution in [1.29, 1.82) is 0 Å². The number of rotatable bonds is 4. The van der Waals surface area contributed by atoms with Crippen molar-refractivity contribution in [3.8, 4) is 0 Å². The van der Waals surface area contributed by atoms with Crippen molar-refractivity contribution in [2.45, 2.75) is 49.5 Å². The molecule has 1 fully saturated rings. The van der Waals surface area contributed by atoms with E-state index >= 15 is 0 Å². The molecule has 2 atom stereocenters. The van der Waals surface area contributed by atoms with E-state index in [0.717, 1.165) is 27.4 Å². The third kappa shape index (κ3) is 3.54. The van der Waals surface area contributed by atoms with Crippen LogP contribution in [0.3, 0.4) is 0 Å². The molecule has 1 aromatic heterocycles. The summed E-state index contributed by atoms with van der Waals surface area (Å²) in [6.45, 7) is 4.21. The van der Waals surface area contributed by atoms with Crippen LogP contribution in [0.4, 0.5) is 5.69 Å². The smallest absolute Gasteiger partial charge is 0.270 e. The molecule has 0 saturated carbocycles. The summed E-state index contributed by atoms with van der Waals surface area (Å²) in [7, 11) is 0. The number of thiazole rings is 1. The summed E-state index contributed by atoms with van der Waals surface area (Å²) in [5, 5.41) is 10.8. The van der Waals surface area contributed by atoms with Gasteiger partial charge in [0.2, 0.25) is 5.91 Å². The number of carbonyl (C=O) groups is 1. The minimum absolute atomic E-state index is 0.0646. The van der Waals surface area contributed by atoms with Crippen LogP contribution in [0, 0.1) is 10.1 Å². The number of nitro groups is 1. The third-order valence-electron chi connectivity index (χ3n) is 4.36. The van der Waals surface area contributed by atoms with E-state index in [-0.39, 0.29) is 11.6 Å². The van der Waals surface area contributed by atoms with E-state index in [9.17, 15) is 14.9 Å². The molecule has 1 amide bonds. The first kappa shape index (κ1) is 17.2. The standard InChI is InChI=1S/C16H19N3O3S2/c1-10-4-3-5-11(2)18(10)15(20)9-23-16-17-13-7-6-12(19(21)22)8-14(13)24-16/h6-8,10-11H,3-5,9H2,1-2H3. The molecule has 6 nitrogen and oxygen atoms in total. The average Bonchev–Trinajstić information content (AvgIpc) is 2.94. The lowest BCUT2D eigenvalue weighted by Crippen LogP contribution is -2.48. The van der Waals surface area contributed by atoms with Crippen molar-refractivity contribution in [1.82, 2.24) is 9.88 Å². The first-order valence-electron chi connectivity index (χ1n) is 7.94. The number of thioether (sulfide) groups is 1. The lowest BCUT2D eigenvalue weighted by molar-refractivity contribution is -0.384. The van der Waals surface area contributed by atoms with Gasteiger partial charge in [-0.25, -0.2) is 4.98 Å². The van der Waals surface area contributed by atoms with E-state index in [1.807, 2.05) is 4.90 Å². The van der Waals surface area contributed by atoms with Gasteiger partial charge in [0.1, 0.15) is 0 Å². The Hall–Kier alpha value is -1.67. The Labute approximate surface area is 148 Å². The number of amides is 1. The van der Waals surface area contributed by atoms with E-state index in [4.69, 9.17) is 0 Å². The van der Waals surface area contributed by atoms with Crippen molar-refractivity contribution in [3.05, 3.63) is 28.3 Å². The number of piperidine rings is 1. The highest BCUT2D eigenvalue weighted by Gasteiger charge is 2.28. The summed E-state index contributed by atoms with van der Waals surface area (Å²) in [4.78, 5) is 29.4. The first-order valence-corrected chi connectivity index (χ1v) is 9.75. The molecule has 1 aromatic carbocycles. The Morgan fingerprint density at radius 2 is 2.12 bits per heavy atom. The second kappa shape index (κ2) is 7.06. The second-order valence-electron chi connectivity index (χ2n) is 6.11. The first-order chi connectivity index (χ1) is 11.5. The van der Waals surface area contributed by atoms with E-state index < -0.39 is 4.92 Å². The van der Waals surface area contributed by atoms with Gasteiger partial charge in [0.05, 0.1) is 20.9 Å². The summed E-state index contributed by atoms with van der Waals surface area (Å²) in [5.41, 5.74) is 0.801. The predicted molar refractivity (Wildman–Crippen MR) is 96.6 cm³/mol. The maximum Gasteiger partial charge on any atom is 0.270 e. The minimum Gasteiger partial charge on any atom is -0.337 e. The van der Waals surface area contributed by atoms with Gasteiger partial charge in [0, 0.05) is 24.2 Å². The van der Waals surface area contributed by atoms with Gasteiger partial charge in [-0.15, -0.1) is 11.3 Å². The number of fused-ring (bicyclic) bond motifs is 1. The molecule has 0 N–H and O–H groups in total. The normalized spacial score (nSPS) is 21.2. The Morgan fingerprint density at radius 1 is 1.42 bits per heavy atom. The highest BCUT2D eigenvalue weighted by Crippen LogP contribution is 2.32. The topological polar surface area (TPSA) is 76.3 Å². The number of carbonyl (C=O) groups excluding carboxylic acids is 1. The van der Waals surface area contributed by atoms with Crippen molar-refractivity contribution in [2.75, 3.05) is 5.75 Å². The molecule has 1 aliphatic heterocycles. The molecular formula is C16H19N3O3S2. The minimum atomic E-state index is -0.408. The molecule has 0 spiro atoms. The fourth-order valence-corrected chi connectivity index (χ4v) is 5.15. The summed E-state index contributed by atoms with van der Waals surface area (Å²) in [6, 6.07) is 5.23. The van der Waals surface area contributed by atoms with Gasteiger partial charge in [0.15, 0.2) is 4.34 Å². The molecule has 2 aromatic rings. The fraction of sp³-hybridized carbons (Fsp3) is 0.500. The molecule has 128 valence electrons. The zero-order valence-electron chi connectivity index (χ0n) is 13.6. The van der Waals surface area contributed by atoms with Gasteiger partial charge in [-0.1, -0.05) is 11.8 Å². The molecule has 2 heterocycles. The van der Waals surface area contributed by atoms with Gasteiger partial charge in [-0.05, 0) is 39.2 Å². The van der Waals surface area contributed by atoms with Crippen LogP contribution >= 0.6 is 23.1 Å². The number of hydrogen-bond acceptors (Lipinski definition) is 6. The zero-order valence-corrected chi connectivity index (χ0v) is 15.2. The summed E-state index contributed by atoms with van der Waals surface area (Å²) in [6.07, 6.45) is 3.30.